The Labute approximate surface area is 140 Å². The van der Waals surface area contributed by atoms with E-state index in [-0.39, 0.29) is 30.9 Å². The summed E-state index contributed by atoms with van der Waals surface area (Å²) in [4.78, 5) is 36.9. The molecule has 1 heterocycles. The summed E-state index contributed by atoms with van der Waals surface area (Å²) in [5.74, 6) is -0.0611. The van der Waals surface area contributed by atoms with Crippen LogP contribution in [0.15, 0.2) is 24.3 Å². The minimum atomic E-state index is -0.397. The number of nitrogens with one attached hydrogen (secondary N) is 2. The van der Waals surface area contributed by atoms with Crippen LogP contribution in [0.5, 0.6) is 0 Å². The number of nitrogens with zero attached hydrogens (tertiary/aromatic N) is 1. The van der Waals surface area contributed by atoms with E-state index in [1.165, 1.54) is 0 Å². The first-order chi connectivity index (χ1) is 11.6. The molecule has 2 fully saturated rings. The van der Waals surface area contributed by atoms with Crippen LogP contribution < -0.4 is 16.4 Å². The van der Waals surface area contributed by atoms with E-state index in [2.05, 4.69) is 10.6 Å². The van der Waals surface area contributed by atoms with Gasteiger partial charge in [-0.3, -0.25) is 14.5 Å². The van der Waals surface area contributed by atoms with Gasteiger partial charge in [-0.15, -0.1) is 0 Å². The molecular formula is C17H22N4O3. The number of hydrogen-bond donors (Lipinski definition) is 3. The van der Waals surface area contributed by atoms with Crippen molar-refractivity contribution in [2.45, 2.75) is 31.8 Å². The van der Waals surface area contributed by atoms with Crippen molar-refractivity contribution < 1.29 is 14.4 Å². The molecule has 2 aliphatic rings. The second-order valence-corrected chi connectivity index (χ2v) is 6.35. The quantitative estimate of drug-likeness (QED) is 0.687. The molecule has 0 radical (unpaired) electrons. The standard InChI is InChI=1S/C17H22N4O3/c18-8-13-5-2-6-14(13)20-16(23)12-4-1-3-11(7-12)10-21-15(22)9-19-17(21)24/h1,3-4,7,13-14H,2,5-6,8-10,18H2,(H,19,24)(H,20,23). The Hall–Kier alpha value is -2.41. The van der Waals surface area contributed by atoms with Crippen LogP contribution in [0.4, 0.5) is 4.79 Å². The summed E-state index contributed by atoms with van der Waals surface area (Å²) in [5, 5.41) is 5.54. The Kier molecular flexibility index (Phi) is 4.80. The zero-order chi connectivity index (χ0) is 17.1. The maximum atomic E-state index is 12.5. The molecule has 7 heteroatoms. The fraction of sp³-hybridized carbons (Fsp3) is 0.471. The van der Waals surface area contributed by atoms with Crippen LogP contribution in [0.3, 0.4) is 0 Å². The maximum absolute atomic E-state index is 12.5. The third kappa shape index (κ3) is 3.41. The number of carbonyl (C=O) groups is 3. The van der Waals surface area contributed by atoms with Gasteiger partial charge in [-0.25, -0.2) is 4.79 Å². The van der Waals surface area contributed by atoms with Crippen molar-refractivity contribution in [1.29, 1.82) is 0 Å². The van der Waals surface area contributed by atoms with Gasteiger partial charge in [0.1, 0.15) is 0 Å². The van der Waals surface area contributed by atoms with Crippen LogP contribution in [0.25, 0.3) is 0 Å². The Morgan fingerprint density at radius 1 is 1.33 bits per heavy atom. The van der Waals surface area contributed by atoms with Gasteiger partial charge in [-0.05, 0) is 43.0 Å². The summed E-state index contributed by atoms with van der Waals surface area (Å²) in [5.41, 5.74) is 7.03. The van der Waals surface area contributed by atoms with E-state index in [0.717, 1.165) is 29.7 Å². The minimum absolute atomic E-state index is 0.0289. The average Bonchev–Trinajstić information content (AvgIpc) is 3.16. The molecule has 1 saturated heterocycles. The number of hydrogen-bond acceptors (Lipinski definition) is 4. The summed E-state index contributed by atoms with van der Waals surface area (Å²) >= 11 is 0. The van der Waals surface area contributed by atoms with E-state index in [4.69, 9.17) is 5.73 Å². The number of urea groups is 1. The third-order valence-electron chi connectivity index (χ3n) is 4.75. The van der Waals surface area contributed by atoms with Crippen LogP contribution in [-0.2, 0) is 11.3 Å². The molecule has 24 heavy (non-hydrogen) atoms. The van der Waals surface area contributed by atoms with Crippen LogP contribution in [0.1, 0.15) is 35.2 Å². The number of carbonyl (C=O) groups excluding carboxylic acids is 3. The van der Waals surface area contributed by atoms with Gasteiger partial charge in [0.05, 0.1) is 13.1 Å². The Balaban J connectivity index is 1.67. The lowest BCUT2D eigenvalue weighted by Crippen LogP contribution is -2.39. The molecule has 1 saturated carbocycles. The van der Waals surface area contributed by atoms with E-state index < -0.39 is 6.03 Å². The number of rotatable bonds is 5. The van der Waals surface area contributed by atoms with Gasteiger partial charge in [0.25, 0.3) is 5.91 Å². The SMILES string of the molecule is NCC1CCCC1NC(=O)c1cccc(CN2C(=O)CNC2=O)c1. The molecule has 1 aromatic carbocycles. The van der Waals surface area contributed by atoms with Gasteiger partial charge < -0.3 is 16.4 Å². The summed E-state index contributed by atoms with van der Waals surface area (Å²) in [7, 11) is 0. The summed E-state index contributed by atoms with van der Waals surface area (Å²) in [6.07, 6.45) is 3.09. The minimum Gasteiger partial charge on any atom is -0.349 e. The van der Waals surface area contributed by atoms with Crippen LogP contribution in [0.2, 0.25) is 0 Å². The Bertz CT molecular complexity index is 645. The smallest absolute Gasteiger partial charge is 0.324 e. The highest BCUT2D eigenvalue weighted by molar-refractivity contribution is 6.02. The molecule has 0 bridgehead atoms. The zero-order valence-electron chi connectivity index (χ0n) is 13.5. The molecule has 0 spiro atoms. The number of nitrogens with two attached hydrogens (primary N) is 1. The van der Waals surface area contributed by atoms with E-state index in [1.807, 2.05) is 0 Å². The van der Waals surface area contributed by atoms with E-state index >= 15 is 0 Å². The lowest BCUT2D eigenvalue weighted by Gasteiger charge is -2.20. The lowest BCUT2D eigenvalue weighted by atomic mass is 10.0. The largest absolute Gasteiger partial charge is 0.349 e. The molecule has 7 nitrogen and oxygen atoms in total. The molecule has 2 atom stereocenters. The molecule has 1 aliphatic heterocycles. The van der Waals surface area contributed by atoms with Gasteiger partial charge in [0.15, 0.2) is 0 Å². The second-order valence-electron chi connectivity index (χ2n) is 6.35. The fourth-order valence-corrected chi connectivity index (χ4v) is 3.37. The van der Waals surface area contributed by atoms with E-state index in [1.54, 1.807) is 24.3 Å². The first-order valence-corrected chi connectivity index (χ1v) is 8.26. The van der Waals surface area contributed by atoms with Crippen molar-refractivity contribution in [2.24, 2.45) is 11.7 Å². The molecule has 1 aliphatic carbocycles. The molecule has 4 N–H and O–H groups in total. The van der Waals surface area contributed by atoms with Crippen molar-refractivity contribution >= 4 is 17.8 Å². The lowest BCUT2D eigenvalue weighted by molar-refractivity contribution is -0.125. The van der Waals surface area contributed by atoms with Gasteiger partial charge in [-0.1, -0.05) is 18.6 Å². The van der Waals surface area contributed by atoms with Crippen molar-refractivity contribution in [2.75, 3.05) is 13.1 Å². The average molecular weight is 330 g/mol. The Morgan fingerprint density at radius 3 is 2.88 bits per heavy atom. The van der Waals surface area contributed by atoms with Crippen molar-refractivity contribution in [3.63, 3.8) is 0 Å². The van der Waals surface area contributed by atoms with Crippen molar-refractivity contribution in [1.82, 2.24) is 15.5 Å². The zero-order valence-corrected chi connectivity index (χ0v) is 13.5. The molecule has 2 unspecified atom stereocenters. The van der Waals surface area contributed by atoms with Gasteiger partial charge >= 0.3 is 6.03 Å². The molecule has 1 aromatic rings. The third-order valence-corrected chi connectivity index (χ3v) is 4.75. The second kappa shape index (κ2) is 7.00. The van der Waals surface area contributed by atoms with Crippen LogP contribution in [0, 0.1) is 5.92 Å². The van der Waals surface area contributed by atoms with Crippen molar-refractivity contribution in [3.8, 4) is 0 Å². The van der Waals surface area contributed by atoms with Gasteiger partial charge in [0, 0.05) is 11.6 Å². The van der Waals surface area contributed by atoms with Crippen LogP contribution in [-0.4, -0.2) is 41.9 Å². The highest BCUT2D eigenvalue weighted by Gasteiger charge is 2.29. The number of amides is 4. The topological polar surface area (TPSA) is 105 Å². The van der Waals surface area contributed by atoms with E-state index in [9.17, 15) is 14.4 Å². The first kappa shape index (κ1) is 16.4. The molecule has 0 aromatic heterocycles. The van der Waals surface area contributed by atoms with E-state index in [0.29, 0.717) is 18.0 Å². The summed E-state index contributed by atoms with van der Waals surface area (Å²) < 4.78 is 0. The monoisotopic (exact) mass is 330 g/mol. The maximum Gasteiger partial charge on any atom is 0.324 e. The Morgan fingerprint density at radius 2 is 2.17 bits per heavy atom. The summed E-state index contributed by atoms with van der Waals surface area (Å²) in [6.45, 7) is 0.777. The predicted molar refractivity (Wildman–Crippen MR) is 88.0 cm³/mol. The molecule has 3 rings (SSSR count). The van der Waals surface area contributed by atoms with Crippen molar-refractivity contribution in [3.05, 3.63) is 35.4 Å². The predicted octanol–water partition coefficient (Wildman–Crippen LogP) is 0.596. The van der Waals surface area contributed by atoms with Gasteiger partial charge in [-0.2, -0.15) is 0 Å². The fourth-order valence-electron chi connectivity index (χ4n) is 3.37. The number of benzene rings is 1. The normalized spacial score (nSPS) is 23.5. The first-order valence-electron chi connectivity index (χ1n) is 8.26. The highest BCUT2D eigenvalue weighted by atomic mass is 16.2. The molecule has 4 amide bonds. The summed E-state index contributed by atoms with van der Waals surface area (Å²) in [6, 6.07) is 6.74. The number of imide groups is 1. The molecular weight excluding hydrogens is 308 g/mol. The molecule has 128 valence electrons. The highest BCUT2D eigenvalue weighted by Crippen LogP contribution is 2.25. The van der Waals surface area contributed by atoms with Crippen LogP contribution >= 0.6 is 0 Å². The van der Waals surface area contributed by atoms with Gasteiger partial charge in [0.2, 0.25) is 5.91 Å².